The van der Waals surface area contributed by atoms with Crippen LogP contribution in [-0.4, -0.2) is 18.4 Å². The molecular weight excluding hydrogens is 336 g/mol. The number of fused-ring (bicyclic) bond motifs is 1. The Labute approximate surface area is 159 Å². The summed E-state index contributed by atoms with van der Waals surface area (Å²) >= 11 is 0. The maximum absolute atomic E-state index is 12.2. The van der Waals surface area contributed by atoms with Crippen molar-refractivity contribution in [3.63, 3.8) is 0 Å². The van der Waals surface area contributed by atoms with Gasteiger partial charge < -0.3 is 10.6 Å². The van der Waals surface area contributed by atoms with E-state index in [4.69, 9.17) is 0 Å². The van der Waals surface area contributed by atoms with Gasteiger partial charge in [-0.05, 0) is 47.9 Å². The third-order valence-electron chi connectivity index (χ3n) is 4.55. The summed E-state index contributed by atoms with van der Waals surface area (Å²) in [5, 5.41) is 8.22. The SMILES string of the molecule is CC(NC(=O)CCCNC(=O)c1ccccc1)c1ccc2ccccc2c1. The molecule has 0 aliphatic rings. The van der Waals surface area contributed by atoms with Gasteiger partial charge in [0.2, 0.25) is 5.91 Å². The van der Waals surface area contributed by atoms with Crippen molar-refractivity contribution in [2.24, 2.45) is 0 Å². The normalized spacial score (nSPS) is 11.7. The summed E-state index contributed by atoms with van der Waals surface area (Å²) in [6.07, 6.45) is 0.988. The van der Waals surface area contributed by atoms with Crippen molar-refractivity contribution in [2.75, 3.05) is 6.54 Å². The zero-order valence-corrected chi connectivity index (χ0v) is 15.4. The number of amides is 2. The largest absolute Gasteiger partial charge is 0.352 e. The second kappa shape index (κ2) is 8.99. The number of benzene rings is 3. The van der Waals surface area contributed by atoms with Gasteiger partial charge >= 0.3 is 0 Å². The summed E-state index contributed by atoms with van der Waals surface area (Å²) in [6, 6.07) is 23.4. The summed E-state index contributed by atoms with van der Waals surface area (Å²) in [5.74, 6) is -0.120. The monoisotopic (exact) mass is 360 g/mol. The fraction of sp³-hybridized carbons (Fsp3) is 0.217. The van der Waals surface area contributed by atoms with Gasteiger partial charge in [-0.1, -0.05) is 54.6 Å². The van der Waals surface area contributed by atoms with E-state index in [0.29, 0.717) is 24.9 Å². The topological polar surface area (TPSA) is 58.2 Å². The van der Waals surface area contributed by atoms with E-state index in [-0.39, 0.29) is 17.9 Å². The van der Waals surface area contributed by atoms with E-state index in [1.807, 2.05) is 43.3 Å². The minimum Gasteiger partial charge on any atom is -0.352 e. The molecule has 0 fully saturated rings. The highest BCUT2D eigenvalue weighted by atomic mass is 16.2. The molecule has 3 aromatic carbocycles. The van der Waals surface area contributed by atoms with Crippen LogP contribution in [0.3, 0.4) is 0 Å². The molecule has 2 N–H and O–H groups in total. The number of hydrogen-bond acceptors (Lipinski definition) is 2. The number of hydrogen-bond donors (Lipinski definition) is 2. The smallest absolute Gasteiger partial charge is 0.251 e. The first-order chi connectivity index (χ1) is 13.1. The highest BCUT2D eigenvalue weighted by Gasteiger charge is 2.10. The Morgan fingerprint density at radius 1 is 0.889 bits per heavy atom. The van der Waals surface area contributed by atoms with E-state index in [1.54, 1.807) is 12.1 Å². The molecule has 1 atom stereocenters. The maximum Gasteiger partial charge on any atom is 0.251 e. The van der Waals surface area contributed by atoms with Crippen LogP contribution in [0.5, 0.6) is 0 Å². The van der Waals surface area contributed by atoms with E-state index in [2.05, 4.69) is 34.9 Å². The van der Waals surface area contributed by atoms with Crippen LogP contribution in [0.25, 0.3) is 10.8 Å². The zero-order valence-electron chi connectivity index (χ0n) is 15.4. The van der Waals surface area contributed by atoms with E-state index >= 15 is 0 Å². The molecule has 0 aliphatic heterocycles. The molecule has 0 saturated carbocycles. The van der Waals surface area contributed by atoms with Gasteiger partial charge in [0, 0.05) is 18.5 Å². The van der Waals surface area contributed by atoms with Crippen LogP contribution in [0.4, 0.5) is 0 Å². The van der Waals surface area contributed by atoms with Crippen molar-refractivity contribution >= 4 is 22.6 Å². The second-order valence-corrected chi connectivity index (χ2v) is 6.62. The fourth-order valence-corrected chi connectivity index (χ4v) is 3.02. The Balaban J connectivity index is 1.43. The van der Waals surface area contributed by atoms with E-state index < -0.39 is 0 Å². The third kappa shape index (κ3) is 5.17. The van der Waals surface area contributed by atoms with Gasteiger partial charge in [0.05, 0.1) is 6.04 Å². The standard InChI is InChI=1S/C23H24N2O2/c1-17(20-14-13-18-8-5-6-11-21(18)16-20)25-22(26)12-7-15-24-23(27)19-9-3-2-4-10-19/h2-6,8-11,13-14,16-17H,7,12,15H2,1H3,(H,24,27)(H,25,26). The Bertz CT molecular complexity index is 922. The maximum atomic E-state index is 12.2. The van der Waals surface area contributed by atoms with Crippen molar-refractivity contribution in [2.45, 2.75) is 25.8 Å². The first-order valence-corrected chi connectivity index (χ1v) is 9.25. The molecule has 0 bridgehead atoms. The van der Waals surface area contributed by atoms with Crippen LogP contribution < -0.4 is 10.6 Å². The lowest BCUT2D eigenvalue weighted by molar-refractivity contribution is -0.121. The molecule has 3 rings (SSSR count). The predicted octanol–water partition coefficient (Wildman–Crippen LogP) is 4.23. The third-order valence-corrected chi connectivity index (χ3v) is 4.55. The van der Waals surface area contributed by atoms with Crippen molar-refractivity contribution in [3.05, 3.63) is 83.9 Å². The van der Waals surface area contributed by atoms with Crippen LogP contribution in [0, 0.1) is 0 Å². The molecule has 0 spiro atoms. The van der Waals surface area contributed by atoms with E-state index in [1.165, 1.54) is 10.8 Å². The minimum absolute atomic E-state index is 0.00961. The first kappa shape index (κ1) is 18.6. The quantitative estimate of drug-likeness (QED) is 0.620. The number of carbonyl (C=O) groups excluding carboxylic acids is 2. The molecule has 0 aliphatic carbocycles. The minimum atomic E-state index is -0.111. The molecule has 4 nitrogen and oxygen atoms in total. The summed E-state index contributed by atoms with van der Waals surface area (Å²) in [4.78, 5) is 24.1. The Morgan fingerprint density at radius 2 is 1.59 bits per heavy atom. The number of carbonyl (C=O) groups is 2. The van der Waals surface area contributed by atoms with Gasteiger partial charge in [0.15, 0.2) is 0 Å². The van der Waals surface area contributed by atoms with Crippen LogP contribution in [0.1, 0.15) is 41.7 Å². The Kier molecular flexibility index (Phi) is 6.21. The molecule has 0 heterocycles. The summed E-state index contributed by atoms with van der Waals surface area (Å²) < 4.78 is 0. The summed E-state index contributed by atoms with van der Waals surface area (Å²) in [6.45, 7) is 2.46. The summed E-state index contributed by atoms with van der Waals surface area (Å²) in [5.41, 5.74) is 1.71. The van der Waals surface area contributed by atoms with Crippen LogP contribution >= 0.6 is 0 Å². The average Bonchev–Trinajstić information content (AvgIpc) is 2.71. The van der Waals surface area contributed by atoms with Gasteiger partial charge in [-0.25, -0.2) is 0 Å². The summed E-state index contributed by atoms with van der Waals surface area (Å²) in [7, 11) is 0. The molecule has 0 saturated heterocycles. The fourth-order valence-electron chi connectivity index (χ4n) is 3.02. The molecular formula is C23H24N2O2. The van der Waals surface area contributed by atoms with Crippen LogP contribution in [-0.2, 0) is 4.79 Å². The molecule has 27 heavy (non-hydrogen) atoms. The molecule has 2 amide bonds. The molecule has 1 unspecified atom stereocenters. The highest BCUT2D eigenvalue weighted by molar-refractivity contribution is 5.94. The van der Waals surface area contributed by atoms with Crippen LogP contribution in [0.2, 0.25) is 0 Å². The van der Waals surface area contributed by atoms with Crippen molar-refractivity contribution in [1.82, 2.24) is 10.6 Å². The molecule has 4 heteroatoms. The number of nitrogens with one attached hydrogen (secondary N) is 2. The van der Waals surface area contributed by atoms with Gasteiger partial charge in [-0.2, -0.15) is 0 Å². The lowest BCUT2D eigenvalue weighted by Crippen LogP contribution is -2.29. The molecule has 3 aromatic rings. The lowest BCUT2D eigenvalue weighted by Gasteiger charge is -2.15. The average molecular weight is 360 g/mol. The zero-order chi connectivity index (χ0) is 19.1. The van der Waals surface area contributed by atoms with Crippen molar-refractivity contribution < 1.29 is 9.59 Å². The Morgan fingerprint density at radius 3 is 2.37 bits per heavy atom. The van der Waals surface area contributed by atoms with Gasteiger partial charge in [0.25, 0.3) is 5.91 Å². The van der Waals surface area contributed by atoms with Gasteiger partial charge in [0.1, 0.15) is 0 Å². The van der Waals surface area contributed by atoms with Crippen molar-refractivity contribution in [1.29, 1.82) is 0 Å². The van der Waals surface area contributed by atoms with E-state index in [9.17, 15) is 9.59 Å². The molecule has 0 radical (unpaired) electrons. The molecule has 0 aromatic heterocycles. The predicted molar refractivity (Wildman–Crippen MR) is 109 cm³/mol. The highest BCUT2D eigenvalue weighted by Crippen LogP contribution is 2.20. The number of rotatable bonds is 7. The van der Waals surface area contributed by atoms with Gasteiger partial charge in [-0.3, -0.25) is 9.59 Å². The van der Waals surface area contributed by atoms with Crippen molar-refractivity contribution in [3.8, 4) is 0 Å². The molecule has 138 valence electrons. The lowest BCUT2D eigenvalue weighted by atomic mass is 10.0. The Hall–Kier alpha value is -3.14. The van der Waals surface area contributed by atoms with Crippen LogP contribution in [0.15, 0.2) is 72.8 Å². The first-order valence-electron chi connectivity index (χ1n) is 9.25. The van der Waals surface area contributed by atoms with E-state index in [0.717, 1.165) is 5.56 Å². The second-order valence-electron chi connectivity index (χ2n) is 6.62. The van der Waals surface area contributed by atoms with Gasteiger partial charge in [-0.15, -0.1) is 0 Å².